The lowest BCUT2D eigenvalue weighted by atomic mass is 10.3. The Labute approximate surface area is 106 Å². The predicted octanol–water partition coefficient (Wildman–Crippen LogP) is 2.88. The minimum absolute atomic E-state index is 0.0744. The molecule has 86 valence electrons. The highest BCUT2D eigenvalue weighted by molar-refractivity contribution is 7.17. The normalized spacial score (nSPS) is 11.1. The molecule has 5 heteroatoms. The van der Waals surface area contributed by atoms with Crippen LogP contribution in [-0.2, 0) is 6.54 Å². The monoisotopic (exact) mass is 262 g/mol. The molecule has 17 heavy (non-hydrogen) atoms. The largest absolute Gasteiger partial charge is 0.307 e. The second-order valence-electron chi connectivity index (χ2n) is 3.84. The minimum atomic E-state index is 0.0744. The van der Waals surface area contributed by atoms with E-state index >= 15 is 0 Å². The molecule has 0 saturated carbocycles. The van der Waals surface area contributed by atoms with Crippen LogP contribution in [0.25, 0.3) is 10.1 Å². The van der Waals surface area contributed by atoms with Gasteiger partial charge in [-0.2, -0.15) is 0 Å². The van der Waals surface area contributed by atoms with Crippen LogP contribution in [0.1, 0.15) is 10.7 Å². The number of thiophene rings is 1. The van der Waals surface area contributed by atoms with Crippen LogP contribution in [0.15, 0.2) is 33.9 Å². The second kappa shape index (κ2) is 4.09. The third-order valence-corrected chi connectivity index (χ3v) is 4.43. The lowest BCUT2D eigenvalue weighted by molar-refractivity contribution is 0.761. The van der Waals surface area contributed by atoms with E-state index in [1.807, 2.05) is 36.0 Å². The van der Waals surface area contributed by atoms with Gasteiger partial charge >= 0.3 is 0 Å². The van der Waals surface area contributed by atoms with Crippen molar-refractivity contribution in [3.8, 4) is 0 Å². The zero-order chi connectivity index (χ0) is 11.8. The fraction of sp³-hybridized carbons (Fsp3) is 0.167. The number of fused-ring (bicyclic) bond motifs is 1. The summed E-state index contributed by atoms with van der Waals surface area (Å²) >= 11 is 3.09. The minimum Gasteiger partial charge on any atom is -0.307 e. The number of hydrogen-bond donors (Lipinski definition) is 0. The van der Waals surface area contributed by atoms with E-state index in [4.69, 9.17) is 0 Å². The molecule has 0 aliphatic heterocycles. The van der Waals surface area contributed by atoms with Crippen LogP contribution in [0.3, 0.4) is 0 Å². The molecule has 3 nitrogen and oxygen atoms in total. The maximum atomic E-state index is 12.2. The van der Waals surface area contributed by atoms with Gasteiger partial charge in [-0.05, 0) is 29.8 Å². The van der Waals surface area contributed by atoms with E-state index in [9.17, 15) is 4.79 Å². The van der Waals surface area contributed by atoms with Crippen LogP contribution >= 0.6 is 22.7 Å². The lowest BCUT2D eigenvalue weighted by Gasteiger charge is -2.02. The van der Waals surface area contributed by atoms with Crippen molar-refractivity contribution in [1.82, 2.24) is 9.55 Å². The van der Waals surface area contributed by atoms with Crippen molar-refractivity contribution < 1.29 is 0 Å². The van der Waals surface area contributed by atoms with Crippen molar-refractivity contribution >= 4 is 32.8 Å². The zero-order valence-corrected chi connectivity index (χ0v) is 10.8. The van der Waals surface area contributed by atoms with Crippen molar-refractivity contribution in [2.45, 2.75) is 13.5 Å². The SMILES string of the molecule is Cc1csc(Cn2ccc3ccsc3c2=O)n1. The van der Waals surface area contributed by atoms with Gasteiger partial charge < -0.3 is 4.57 Å². The first-order valence-corrected chi connectivity index (χ1v) is 6.97. The van der Waals surface area contributed by atoms with E-state index < -0.39 is 0 Å². The van der Waals surface area contributed by atoms with E-state index in [1.165, 1.54) is 11.3 Å². The number of thiazole rings is 1. The molecule has 3 aromatic heterocycles. The van der Waals surface area contributed by atoms with Crippen LogP contribution in [0, 0.1) is 6.92 Å². The first-order valence-electron chi connectivity index (χ1n) is 5.22. The highest BCUT2D eigenvalue weighted by atomic mass is 32.1. The third-order valence-electron chi connectivity index (χ3n) is 2.56. The Hall–Kier alpha value is -1.46. The van der Waals surface area contributed by atoms with E-state index in [0.29, 0.717) is 6.54 Å². The Balaban J connectivity index is 2.06. The van der Waals surface area contributed by atoms with Gasteiger partial charge in [-0.15, -0.1) is 22.7 Å². The summed E-state index contributed by atoms with van der Waals surface area (Å²) < 4.78 is 2.54. The molecule has 0 saturated heterocycles. The van der Waals surface area contributed by atoms with Gasteiger partial charge in [0.15, 0.2) is 0 Å². The summed E-state index contributed by atoms with van der Waals surface area (Å²) in [6.45, 7) is 2.52. The summed E-state index contributed by atoms with van der Waals surface area (Å²) in [4.78, 5) is 16.5. The number of hydrogen-bond acceptors (Lipinski definition) is 4. The number of pyridine rings is 1. The van der Waals surface area contributed by atoms with Gasteiger partial charge in [-0.1, -0.05) is 0 Å². The maximum absolute atomic E-state index is 12.2. The molecule has 0 N–H and O–H groups in total. The van der Waals surface area contributed by atoms with Crippen LogP contribution < -0.4 is 5.56 Å². The number of nitrogens with zero attached hydrogens (tertiary/aromatic N) is 2. The molecule has 0 radical (unpaired) electrons. The lowest BCUT2D eigenvalue weighted by Crippen LogP contribution is -2.18. The highest BCUT2D eigenvalue weighted by Gasteiger charge is 2.06. The molecule has 0 aliphatic rings. The molecule has 0 fully saturated rings. The summed E-state index contributed by atoms with van der Waals surface area (Å²) in [5.41, 5.74) is 1.08. The Bertz CT molecular complexity index is 723. The summed E-state index contributed by atoms with van der Waals surface area (Å²) in [5, 5.41) is 5.95. The van der Waals surface area contributed by atoms with E-state index in [1.54, 1.807) is 15.9 Å². The van der Waals surface area contributed by atoms with Crippen LogP contribution in [0.5, 0.6) is 0 Å². The van der Waals surface area contributed by atoms with Crippen molar-refractivity contribution in [2.24, 2.45) is 0 Å². The molecule has 0 unspecified atom stereocenters. The van der Waals surface area contributed by atoms with Gasteiger partial charge in [-0.25, -0.2) is 4.98 Å². The molecule has 0 amide bonds. The molecule has 3 rings (SSSR count). The average molecular weight is 262 g/mol. The van der Waals surface area contributed by atoms with Crippen LogP contribution in [0.2, 0.25) is 0 Å². The topological polar surface area (TPSA) is 34.9 Å². The number of rotatable bonds is 2. The van der Waals surface area contributed by atoms with Gasteiger partial charge in [-0.3, -0.25) is 4.79 Å². The summed E-state index contributed by atoms with van der Waals surface area (Å²) in [7, 11) is 0. The van der Waals surface area contributed by atoms with Gasteiger partial charge in [0, 0.05) is 17.3 Å². The molecule has 0 aromatic carbocycles. The van der Waals surface area contributed by atoms with Gasteiger partial charge in [0.05, 0.1) is 11.2 Å². The summed E-state index contributed by atoms with van der Waals surface area (Å²) in [6, 6.07) is 3.95. The first kappa shape index (κ1) is 10.7. The molecular formula is C12H10N2OS2. The van der Waals surface area contributed by atoms with Crippen LogP contribution in [-0.4, -0.2) is 9.55 Å². The molecular weight excluding hydrogens is 252 g/mol. The third kappa shape index (κ3) is 1.92. The maximum Gasteiger partial charge on any atom is 0.268 e. The smallest absolute Gasteiger partial charge is 0.268 e. The first-order chi connectivity index (χ1) is 8.24. The van der Waals surface area contributed by atoms with Gasteiger partial charge in [0.2, 0.25) is 0 Å². The molecule has 0 atom stereocenters. The molecule has 0 aliphatic carbocycles. The Morgan fingerprint density at radius 1 is 1.35 bits per heavy atom. The predicted molar refractivity (Wildman–Crippen MR) is 72.0 cm³/mol. The average Bonchev–Trinajstić information content (AvgIpc) is 2.92. The Morgan fingerprint density at radius 3 is 3.00 bits per heavy atom. The summed E-state index contributed by atoms with van der Waals surface area (Å²) in [6.07, 6.45) is 1.84. The second-order valence-corrected chi connectivity index (χ2v) is 5.70. The molecule has 3 aromatic rings. The fourth-order valence-electron chi connectivity index (χ4n) is 1.74. The Kier molecular flexibility index (Phi) is 2.57. The van der Waals surface area contributed by atoms with Gasteiger partial charge in [0.1, 0.15) is 5.01 Å². The van der Waals surface area contributed by atoms with Crippen LogP contribution in [0.4, 0.5) is 0 Å². The van der Waals surface area contributed by atoms with Crippen molar-refractivity contribution in [3.63, 3.8) is 0 Å². The molecule has 0 spiro atoms. The number of aromatic nitrogens is 2. The zero-order valence-electron chi connectivity index (χ0n) is 9.21. The summed E-state index contributed by atoms with van der Waals surface area (Å²) in [5.74, 6) is 0. The fourth-order valence-corrected chi connectivity index (χ4v) is 3.35. The van der Waals surface area contributed by atoms with E-state index in [2.05, 4.69) is 4.98 Å². The Morgan fingerprint density at radius 2 is 2.24 bits per heavy atom. The van der Waals surface area contributed by atoms with Crippen molar-refractivity contribution in [3.05, 3.63) is 50.1 Å². The van der Waals surface area contributed by atoms with E-state index in [0.717, 1.165) is 20.8 Å². The molecule has 0 bridgehead atoms. The van der Waals surface area contributed by atoms with Crippen molar-refractivity contribution in [2.75, 3.05) is 0 Å². The molecule has 3 heterocycles. The van der Waals surface area contributed by atoms with Gasteiger partial charge in [0.25, 0.3) is 5.56 Å². The highest BCUT2D eigenvalue weighted by Crippen LogP contribution is 2.16. The number of aryl methyl sites for hydroxylation is 1. The quantitative estimate of drug-likeness (QED) is 0.712. The standard InChI is InChI=1S/C12H10N2OS2/c1-8-7-17-10(13-8)6-14-4-2-9-3-5-16-11(9)12(14)15/h2-5,7H,6H2,1H3. The van der Waals surface area contributed by atoms with E-state index in [-0.39, 0.29) is 5.56 Å². The van der Waals surface area contributed by atoms with Crippen molar-refractivity contribution in [1.29, 1.82) is 0 Å².